The molecule has 57 heavy (non-hydrogen) atoms. The molecule has 2 aromatic carbocycles. The number of carbonyl (C=O) groups is 5. The van der Waals surface area contributed by atoms with Gasteiger partial charge in [0.1, 0.15) is 23.0 Å². The number of hydrogen-bond donors (Lipinski definition) is 2. The number of esters is 1. The van der Waals surface area contributed by atoms with Gasteiger partial charge in [-0.3, -0.25) is 14.4 Å². The van der Waals surface area contributed by atoms with E-state index in [1.165, 1.54) is 11.9 Å². The number of benzene rings is 2. The molecule has 4 atom stereocenters. The quantitative estimate of drug-likeness (QED) is 0.140. The van der Waals surface area contributed by atoms with Crippen molar-refractivity contribution >= 4 is 52.8 Å². The SMILES string of the molecule is CN1C(=O)[C@@H](NC(=O)[C@H](CCC(F)(F)F)[C@H](CCC(F)(F)F)C(=O)CSC[C@H](NC(=O)OC(C)(C)C)C(=O)OC(C)(C)C)N=C(c2ccccc2)c2ccccc21. The number of fused-ring (bicyclic) bond motifs is 1. The Balaban J connectivity index is 1.97. The number of nitrogens with zero attached hydrogens (tertiary/aromatic N) is 2. The highest BCUT2D eigenvalue weighted by Gasteiger charge is 2.42. The average molecular weight is 831 g/mol. The van der Waals surface area contributed by atoms with Crippen LogP contribution in [0, 0.1) is 11.8 Å². The van der Waals surface area contributed by atoms with Gasteiger partial charge in [0.15, 0.2) is 0 Å². The van der Waals surface area contributed by atoms with E-state index in [0.717, 1.165) is 0 Å². The number of thioether (sulfide) groups is 1. The lowest BCUT2D eigenvalue weighted by atomic mass is 9.81. The summed E-state index contributed by atoms with van der Waals surface area (Å²) in [5.41, 5.74) is -0.292. The van der Waals surface area contributed by atoms with E-state index in [0.29, 0.717) is 28.6 Å². The monoisotopic (exact) mass is 830 g/mol. The Bertz CT molecular complexity index is 1770. The molecule has 1 aliphatic heterocycles. The number of aliphatic imine (C=N–C) groups is 1. The smallest absolute Gasteiger partial charge is 0.408 e. The number of alkyl carbamates (subject to hydrolysis) is 1. The van der Waals surface area contributed by atoms with Crippen LogP contribution in [0.25, 0.3) is 0 Å². The van der Waals surface area contributed by atoms with Gasteiger partial charge in [-0.15, -0.1) is 0 Å². The highest BCUT2D eigenvalue weighted by molar-refractivity contribution is 8.00. The first-order valence-electron chi connectivity index (χ1n) is 18.0. The molecule has 3 amide bonds. The molecule has 0 unspecified atom stereocenters. The number of ether oxygens (including phenoxy) is 2. The fourth-order valence-electron chi connectivity index (χ4n) is 5.80. The zero-order valence-corrected chi connectivity index (χ0v) is 33.5. The molecular formula is C39H48F6N4O7S. The number of alkyl halides is 6. The van der Waals surface area contributed by atoms with E-state index in [9.17, 15) is 50.3 Å². The molecule has 0 fully saturated rings. The van der Waals surface area contributed by atoms with Gasteiger partial charge in [0.05, 0.1) is 17.2 Å². The van der Waals surface area contributed by atoms with Crippen molar-refractivity contribution in [2.75, 3.05) is 23.5 Å². The van der Waals surface area contributed by atoms with Crippen LogP contribution in [0.1, 0.15) is 78.4 Å². The van der Waals surface area contributed by atoms with Crippen molar-refractivity contribution in [1.82, 2.24) is 10.6 Å². The molecule has 1 aliphatic rings. The topological polar surface area (TPSA) is 143 Å². The number of hydrogen-bond acceptors (Lipinski definition) is 9. The summed E-state index contributed by atoms with van der Waals surface area (Å²) in [7, 11) is 1.40. The maximum absolute atomic E-state index is 14.0. The Morgan fingerprint density at radius 1 is 0.807 bits per heavy atom. The third-order valence-corrected chi connectivity index (χ3v) is 9.35. The van der Waals surface area contributed by atoms with Gasteiger partial charge in [0.25, 0.3) is 5.91 Å². The second-order valence-electron chi connectivity index (χ2n) is 15.4. The van der Waals surface area contributed by atoms with Crippen molar-refractivity contribution in [2.24, 2.45) is 16.8 Å². The molecule has 0 aromatic heterocycles. The van der Waals surface area contributed by atoms with Crippen molar-refractivity contribution in [2.45, 2.75) is 103 Å². The van der Waals surface area contributed by atoms with Crippen LogP contribution in [0.2, 0.25) is 0 Å². The number of rotatable bonds is 15. The Morgan fingerprint density at radius 3 is 1.91 bits per heavy atom. The fourth-order valence-corrected chi connectivity index (χ4v) is 6.79. The van der Waals surface area contributed by atoms with Crippen LogP contribution in [0.3, 0.4) is 0 Å². The number of benzodiazepines with no additional fused rings is 1. The molecule has 0 saturated carbocycles. The number of amides is 3. The molecule has 0 spiro atoms. The maximum Gasteiger partial charge on any atom is 0.408 e. The normalized spacial score (nSPS) is 16.6. The third-order valence-electron chi connectivity index (χ3n) is 8.29. The van der Waals surface area contributed by atoms with Crippen LogP contribution >= 0.6 is 11.8 Å². The summed E-state index contributed by atoms with van der Waals surface area (Å²) in [6.45, 7) is 9.43. The number of ketones is 1. The number of Topliss-reactive ketones (excluding diaryl/α,β-unsaturated/α-hetero) is 1. The summed E-state index contributed by atoms with van der Waals surface area (Å²) in [5.74, 6) is -8.92. The highest BCUT2D eigenvalue weighted by Crippen LogP contribution is 2.35. The van der Waals surface area contributed by atoms with E-state index in [4.69, 9.17) is 9.47 Å². The average Bonchev–Trinajstić information content (AvgIpc) is 3.17. The first-order chi connectivity index (χ1) is 26.2. The van der Waals surface area contributed by atoms with Crippen molar-refractivity contribution in [1.29, 1.82) is 0 Å². The summed E-state index contributed by atoms with van der Waals surface area (Å²) >= 11 is 0.690. The Morgan fingerprint density at radius 2 is 1.35 bits per heavy atom. The minimum absolute atomic E-state index is 0.252. The molecule has 18 heteroatoms. The second-order valence-corrected chi connectivity index (χ2v) is 16.4. The van der Waals surface area contributed by atoms with Crippen molar-refractivity contribution < 1.29 is 59.8 Å². The number of nitrogens with one attached hydrogen (secondary N) is 2. The zero-order chi connectivity index (χ0) is 42.9. The Kier molecular flexibility index (Phi) is 15.8. The predicted octanol–water partition coefficient (Wildman–Crippen LogP) is 7.40. The first-order valence-corrected chi connectivity index (χ1v) is 19.2. The van der Waals surface area contributed by atoms with Gasteiger partial charge in [-0.05, 0) is 60.5 Å². The van der Waals surface area contributed by atoms with E-state index >= 15 is 0 Å². The van der Waals surface area contributed by atoms with Crippen molar-refractivity contribution in [3.8, 4) is 0 Å². The largest absolute Gasteiger partial charge is 0.458 e. The van der Waals surface area contributed by atoms with Crippen LogP contribution in [0.4, 0.5) is 36.8 Å². The van der Waals surface area contributed by atoms with E-state index < -0.39 is 109 Å². The standard InChI is InChI=1S/C39H48F6N4O7S/c1-36(2,3)55-34(53)27(46-35(54)56-37(4,5)6)21-57-22-29(50)24(17-19-38(40,41)42)25(18-20-39(43,44)45)32(51)48-31-33(52)49(7)28-16-12-11-15-26(28)30(47-31)23-13-9-8-10-14-23/h8-16,24-25,27,31H,17-22H2,1-7H3,(H,46,54)(H,48,51)/t24-,25+,27-,31+/m0/s1. The minimum Gasteiger partial charge on any atom is -0.458 e. The molecule has 3 rings (SSSR count). The van der Waals surface area contributed by atoms with Gasteiger partial charge >= 0.3 is 24.4 Å². The lowest BCUT2D eigenvalue weighted by Crippen LogP contribution is -2.50. The fraction of sp³-hybridized carbons (Fsp3) is 0.538. The summed E-state index contributed by atoms with van der Waals surface area (Å²) < 4.78 is 92.4. The Labute approximate surface area is 331 Å². The molecule has 2 N–H and O–H groups in total. The minimum atomic E-state index is -4.86. The summed E-state index contributed by atoms with van der Waals surface area (Å²) in [5, 5.41) is 4.69. The van der Waals surface area contributed by atoms with Crippen LogP contribution in [-0.2, 0) is 28.7 Å². The second kappa shape index (κ2) is 19.2. The van der Waals surface area contributed by atoms with E-state index in [1.54, 1.807) is 96.1 Å². The van der Waals surface area contributed by atoms with Gasteiger partial charge in [0, 0.05) is 48.6 Å². The van der Waals surface area contributed by atoms with Gasteiger partial charge in [-0.25, -0.2) is 14.6 Å². The van der Waals surface area contributed by atoms with E-state index in [2.05, 4.69) is 15.6 Å². The lowest BCUT2D eigenvalue weighted by Gasteiger charge is -2.28. The van der Waals surface area contributed by atoms with Crippen molar-refractivity contribution in [3.05, 3.63) is 65.7 Å². The molecular weight excluding hydrogens is 783 g/mol. The molecule has 314 valence electrons. The molecule has 0 aliphatic carbocycles. The third kappa shape index (κ3) is 15.3. The van der Waals surface area contributed by atoms with Crippen LogP contribution in [0.15, 0.2) is 59.6 Å². The first kappa shape index (κ1) is 46.8. The Hall–Kier alpha value is -4.61. The maximum atomic E-state index is 14.0. The molecule has 2 aromatic rings. The summed E-state index contributed by atoms with van der Waals surface area (Å²) in [4.78, 5) is 72.8. The van der Waals surface area contributed by atoms with Crippen LogP contribution in [0.5, 0.6) is 0 Å². The highest BCUT2D eigenvalue weighted by atomic mass is 32.2. The lowest BCUT2D eigenvalue weighted by molar-refractivity contribution is -0.156. The van der Waals surface area contributed by atoms with Crippen LogP contribution < -0.4 is 15.5 Å². The number of para-hydroxylation sites is 1. The number of halogens is 6. The molecule has 0 radical (unpaired) electrons. The van der Waals surface area contributed by atoms with Gasteiger partial charge in [0.2, 0.25) is 12.1 Å². The molecule has 11 nitrogen and oxygen atoms in total. The molecule has 0 bridgehead atoms. The van der Waals surface area contributed by atoms with Crippen LogP contribution in [-0.4, -0.2) is 89.7 Å². The van der Waals surface area contributed by atoms with Gasteiger partial charge in [-0.2, -0.15) is 38.1 Å². The summed E-state index contributed by atoms with van der Waals surface area (Å²) in [6, 6.07) is 13.8. The van der Waals surface area contributed by atoms with E-state index in [1.807, 2.05) is 0 Å². The number of likely N-dealkylation sites (N-methyl/N-ethyl adjacent to an activating group) is 1. The summed E-state index contributed by atoms with van der Waals surface area (Å²) in [6.07, 6.45) is -17.8. The van der Waals surface area contributed by atoms with Gasteiger partial charge < -0.3 is 25.0 Å². The van der Waals surface area contributed by atoms with Crippen molar-refractivity contribution in [3.63, 3.8) is 0 Å². The van der Waals surface area contributed by atoms with E-state index in [-0.39, 0.29) is 11.5 Å². The number of carbonyl (C=O) groups excluding carboxylic acids is 5. The molecule has 0 saturated heterocycles. The number of anilines is 1. The molecule has 1 heterocycles. The zero-order valence-electron chi connectivity index (χ0n) is 32.7. The predicted molar refractivity (Wildman–Crippen MR) is 203 cm³/mol. The van der Waals surface area contributed by atoms with Gasteiger partial charge in [-0.1, -0.05) is 48.5 Å².